The zero-order valence-electron chi connectivity index (χ0n) is 11.2. The van der Waals surface area contributed by atoms with Crippen LogP contribution >= 0.6 is 27.3 Å². The summed E-state index contributed by atoms with van der Waals surface area (Å²) in [6.45, 7) is 9.25. The lowest BCUT2D eigenvalue weighted by Gasteiger charge is -2.31. The lowest BCUT2D eigenvalue weighted by Crippen LogP contribution is -2.46. The van der Waals surface area contributed by atoms with Gasteiger partial charge < -0.3 is 5.32 Å². The molecule has 0 amide bonds. The molecule has 1 aromatic rings. The fourth-order valence-corrected chi connectivity index (χ4v) is 3.76. The third kappa shape index (κ3) is 4.03. The number of nitrogens with zero attached hydrogens (tertiary/aromatic N) is 2. The van der Waals surface area contributed by atoms with E-state index in [1.54, 1.807) is 0 Å². The molecule has 5 heteroatoms. The van der Waals surface area contributed by atoms with Crippen molar-refractivity contribution >= 4 is 27.3 Å². The molecule has 1 atom stereocenters. The highest BCUT2D eigenvalue weighted by Crippen LogP contribution is 2.28. The molecule has 1 fully saturated rings. The van der Waals surface area contributed by atoms with Crippen molar-refractivity contribution in [1.82, 2.24) is 15.1 Å². The van der Waals surface area contributed by atoms with Crippen molar-refractivity contribution in [3.63, 3.8) is 0 Å². The Hall–Kier alpha value is 0.0600. The number of thiophene rings is 1. The smallest absolute Gasteiger partial charge is 0.0411 e. The maximum Gasteiger partial charge on any atom is 0.0411 e. The van der Waals surface area contributed by atoms with Crippen LogP contribution < -0.4 is 5.32 Å². The van der Waals surface area contributed by atoms with Gasteiger partial charge in [0.1, 0.15) is 0 Å². The van der Waals surface area contributed by atoms with E-state index in [9.17, 15) is 0 Å². The zero-order chi connectivity index (χ0) is 13.0. The summed E-state index contributed by atoms with van der Waals surface area (Å²) in [4.78, 5) is 6.43. The van der Waals surface area contributed by atoms with E-state index >= 15 is 0 Å². The van der Waals surface area contributed by atoms with E-state index in [-0.39, 0.29) is 0 Å². The van der Waals surface area contributed by atoms with Crippen molar-refractivity contribution in [2.45, 2.75) is 13.0 Å². The Kier molecular flexibility index (Phi) is 5.63. The first-order valence-electron chi connectivity index (χ1n) is 6.54. The van der Waals surface area contributed by atoms with Crippen LogP contribution in [-0.4, -0.2) is 56.1 Å². The molecule has 2 heterocycles. The Labute approximate surface area is 122 Å². The summed E-state index contributed by atoms with van der Waals surface area (Å²) in [6, 6.07) is 2.74. The van der Waals surface area contributed by atoms with Gasteiger partial charge in [-0.25, -0.2) is 0 Å². The maximum absolute atomic E-state index is 3.53. The van der Waals surface area contributed by atoms with Gasteiger partial charge in [0, 0.05) is 60.0 Å². The summed E-state index contributed by atoms with van der Waals surface area (Å²) < 4.78 is 1.20. The zero-order valence-corrected chi connectivity index (χ0v) is 13.6. The van der Waals surface area contributed by atoms with Crippen LogP contribution in [0.1, 0.15) is 17.8 Å². The maximum atomic E-state index is 3.53. The van der Waals surface area contributed by atoms with Crippen molar-refractivity contribution in [2.75, 3.05) is 46.3 Å². The highest BCUT2D eigenvalue weighted by atomic mass is 79.9. The minimum atomic E-state index is 0.504. The van der Waals surface area contributed by atoms with Crippen LogP contribution in [-0.2, 0) is 0 Å². The lowest BCUT2D eigenvalue weighted by molar-refractivity contribution is 0.184. The number of hydrogen-bond donors (Lipinski definition) is 1. The van der Waals surface area contributed by atoms with Gasteiger partial charge in [-0.15, -0.1) is 11.3 Å². The number of hydrogen-bond acceptors (Lipinski definition) is 4. The van der Waals surface area contributed by atoms with E-state index in [1.165, 1.54) is 29.0 Å². The molecule has 0 bridgehead atoms. The van der Waals surface area contributed by atoms with Gasteiger partial charge in [-0.3, -0.25) is 9.80 Å². The average molecular weight is 332 g/mol. The summed E-state index contributed by atoms with van der Waals surface area (Å²) in [5.74, 6) is 0. The van der Waals surface area contributed by atoms with E-state index in [4.69, 9.17) is 0 Å². The molecule has 1 saturated heterocycles. The second kappa shape index (κ2) is 7.01. The molecule has 0 spiro atoms. The minimum absolute atomic E-state index is 0.504. The summed E-state index contributed by atoms with van der Waals surface area (Å²) in [7, 11) is 2.22. The lowest BCUT2D eigenvalue weighted by atomic mass is 10.2. The number of likely N-dealkylation sites (N-methyl/N-ethyl adjacent to an activating group) is 1. The molecule has 1 aliphatic heterocycles. The van der Waals surface area contributed by atoms with Crippen LogP contribution in [0.2, 0.25) is 0 Å². The summed E-state index contributed by atoms with van der Waals surface area (Å²) >= 11 is 5.36. The Morgan fingerprint density at radius 1 is 1.50 bits per heavy atom. The fourth-order valence-electron chi connectivity index (χ4n) is 2.19. The SMILES string of the molecule is CC(c1cc(Br)cs1)N(C)CCN1CCNCC1. The molecular formula is C13H22BrN3S. The molecule has 3 nitrogen and oxygen atoms in total. The van der Waals surface area contributed by atoms with Crippen molar-refractivity contribution < 1.29 is 0 Å². The van der Waals surface area contributed by atoms with Crippen LogP contribution in [0.15, 0.2) is 15.9 Å². The second-order valence-electron chi connectivity index (χ2n) is 4.92. The molecule has 0 aromatic carbocycles. The molecule has 0 saturated carbocycles. The van der Waals surface area contributed by atoms with E-state index in [1.807, 2.05) is 11.3 Å². The second-order valence-corrected chi connectivity index (χ2v) is 6.77. The Bertz CT molecular complexity index is 363. The fraction of sp³-hybridized carbons (Fsp3) is 0.692. The van der Waals surface area contributed by atoms with Crippen LogP contribution in [0.4, 0.5) is 0 Å². The molecule has 1 N–H and O–H groups in total. The minimum Gasteiger partial charge on any atom is -0.314 e. The van der Waals surface area contributed by atoms with Gasteiger partial charge in [0.05, 0.1) is 0 Å². The third-order valence-corrected chi connectivity index (χ3v) is 5.50. The average Bonchev–Trinajstić information content (AvgIpc) is 2.83. The van der Waals surface area contributed by atoms with Crippen molar-refractivity contribution in [2.24, 2.45) is 0 Å². The van der Waals surface area contributed by atoms with Gasteiger partial charge in [0.15, 0.2) is 0 Å². The van der Waals surface area contributed by atoms with E-state index < -0.39 is 0 Å². The predicted molar refractivity (Wildman–Crippen MR) is 82.4 cm³/mol. The largest absolute Gasteiger partial charge is 0.314 e. The van der Waals surface area contributed by atoms with Crippen molar-refractivity contribution in [3.8, 4) is 0 Å². The van der Waals surface area contributed by atoms with Crippen LogP contribution in [0.5, 0.6) is 0 Å². The molecular weight excluding hydrogens is 310 g/mol. The Balaban J connectivity index is 1.78. The van der Waals surface area contributed by atoms with Crippen LogP contribution in [0.3, 0.4) is 0 Å². The third-order valence-electron chi connectivity index (χ3n) is 3.64. The topological polar surface area (TPSA) is 18.5 Å². The summed E-state index contributed by atoms with van der Waals surface area (Å²) in [6.07, 6.45) is 0. The summed E-state index contributed by atoms with van der Waals surface area (Å²) in [5, 5.41) is 5.56. The van der Waals surface area contributed by atoms with Gasteiger partial charge in [0.2, 0.25) is 0 Å². The number of halogens is 1. The number of piperazine rings is 1. The van der Waals surface area contributed by atoms with Crippen molar-refractivity contribution in [3.05, 3.63) is 20.8 Å². The van der Waals surface area contributed by atoms with Gasteiger partial charge in [-0.2, -0.15) is 0 Å². The number of rotatable bonds is 5. The first kappa shape index (κ1) is 14.5. The van der Waals surface area contributed by atoms with Crippen molar-refractivity contribution in [1.29, 1.82) is 0 Å². The number of nitrogens with one attached hydrogen (secondary N) is 1. The van der Waals surface area contributed by atoms with Crippen LogP contribution in [0, 0.1) is 0 Å². The standard InChI is InChI=1S/C13H22BrN3S/c1-11(13-9-12(14)10-18-13)16(2)7-8-17-5-3-15-4-6-17/h9-11,15H,3-8H2,1-2H3. The Morgan fingerprint density at radius 2 is 2.22 bits per heavy atom. The summed E-state index contributed by atoms with van der Waals surface area (Å²) in [5.41, 5.74) is 0. The first-order valence-corrected chi connectivity index (χ1v) is 8.21. The Morgan fingerprint density at radius 3 is 2.83 bits per heavy atom. The molecule has 1 aromatic heterocycles. The first-order chi connectivity index (χ1) is 8.66. The monoisotopic (exact) mass is 331 g/mol. The normalized spacial score (nSPS) is 19.3. The highest BCUT2D eigenvalue weighted by molar-refractivity contribution is 9.10. The molecule has 1 unspecified atom stereocenters. The van der Waals surface area contributed by atoms with Gasteiger partial charge in [0.25, 0.3) is 0 Å². The highest BCUT2D eigenvalue weighted by Gasteiger charge is 2.15. The molecule has 0 aliphatic carbocycles. The molecule has 1 aliphatic rings. The molecule has 102 valence electrons. The quantitative estimate of drug-likeness (QED) is 0.893. The predicted octanol–water partition coefficient (Wildman–Crippen LogP) is 2.41. The van der Waals surface area contributed by atoms with Crippen LogP contribution in [0.25, 0.3) is 0 Å². The molecule has 0 radical (unpaired) electrons. The molecule has 2 rings (SSSR count). The van der Waals surface area contributed by atoms with Gasteiger partial charge >= 0.3 is 0 Å². The molecule has 18 heavy (non-hydrogen) atoms. The van der Waals surface area contributed by atoms with E-state index in [0.29, 0.717) is 6.04 Å². The van der Waals surface area contributed by atoms with Gasteiger partial charge in [-0.1, -0.05) is 0 Å². The van der Waals surface area contributed by atoms with E-state index in [0.717, 1.165) is 19.6 Å². The van der Waals surface area contributed by atoms with Gasteiger partial charge in [-0.05, 0) is 36.0 Å². The van der Waals surface area contributed by atoms with E-state index in [2.05, 4.69) is 56.5 Å².